The predicted octanol–water partition coefficient (Wildman–Crippen LogP) is 4.69. The van der Waals surface area contributed by atoms with Crippen molar-refractivity contribution in [1.82, 2.24) is 0 Å². The third kappa shape index (κ3) is 2.50. The molecule has 0 bridgehead atoms. The highest BCUT2D eigenvalue weighted by Gasteiger charge is 2.22. The van der Waals surface area contributed by atoms with Gasteiger partial charge < -0.3 is 9.47 Å². The molecule has 5 heteroatoms. The maximum Gasteiger partial charge on any atom is 0.162 e. The lowest BCUT2D eigenvalue weighted by molar-refractivity contribution is 0.171. The SMILES string of the molecule is Fc1ccccc1C(Cl)c1cc2c(cc1Br)OCCO2. The van der Waals surface area contributed by atoms with Gasteiger partial charge >= 0.3 is 0 Å². The minimum absolute atomic E-state index is 0.325. The first-order valence-electron chi connectivity index (χ1n) is 6.14. The zero-order valence-corrected chi connectivity index (χ0v) is 12.7. The molecular formula is C15H11BrClFO2. The average molecular weight is 358 g/mol. The van der Waals surface area contributed by atoms with Crippen molar-refractivity contribution < 1.29 is 13.9 Å². The van der Waals surface area contributed by atoms with Gasteiger partial charge in [0.15, 0.2) is 11.5 Å². The number of alkyl halides is 1. The Labute approximate surface area is 129 Å². The van der Waals surface area contributed by atoms with Crippen molar-refractivity contribution in [3.8, 4) is 11.5 Å². The van der Waals surface area contributed by atoms with Gasteiger partial charge in [-0.3, -0.25) is 0 Å². The molecule has 0 N–H and O–H groups in total. The van der Waals surface area contributed by atoms with Crippen molar-refractivity contribution in [3.63, 3.8) is 0 Å². The quantitative estimate of drug-likeness (QED) is 0.726. The second-order valence-corrected chi connectivity index (χ2v) is 5.69. The Bertz CT molecular complexity index is 648. The number of ether oxygens (including phenoxy) is 2. The molecule has 1 heterocycles. The van der Waals surface area contributed by atoms with E-state index in [0.29, 0.717) is 30.3 Å². The smallest absolute Gasteiger partial charge is 0.162 e. The largest absolute Gasteiger partial charge is 0.486 e. The van der Waals surface area contributed by atoms with Crippen molar-refractivity contribution in [2.75, 3.05) is 13.2 Å². The van der Waals surface area contributed by atoms with Gasteiger partial charge in [-0.15, -0.1) is 11.6 Å². The van der Waals surface area contributed by atoms with Crippen molar-refractivity contribution in [3.05, 3.63) is 57.8 Å². The van der Waals surface area contributed by atoms with Gasteiger partial charge in [-0.25, -0.2) is 4.39 Å². The Balaban J connectivity index is 2.03. The molecule has 1 atom stereocenters. The Morgan fingerprint density at radius 1 is 1.05 bits per heavy atom. The van der Waals surface area contributed by atoms with Crippen molar-refractivity contribution in [2.24, 2.45) is 0 Å². The van der Waals surface area contributed by atoms with Crippen LogP contribution in [0.15, 0.2) is 40.9 Å². The molecule has 1 aliphatic rings. The van der Waals surface area contributed by atoms with Crippen LogP contribution in [0.3, 0.4) is 0 Å². The van der Waals surface area contributed by atoms with Gasteiger partial charge in [0.1, 0.15) is 19.0 Å². The molecule has 1 unspecified atom stereocenters. The Morgan fingerprint density at radius 2 is 1.70 bits per heavy atom. The number of fused-ring (bicyclic) bond motifs is 1. The van der Waals surface area contributed by atoms with E-state index in [0.717, 1.165) is 10.0 Å². The fourth-order valence-electron chi connectivity index (χ4n) is 2.12. The molecular weight excluding hydrogens is 347 g/mol. The number of hydrogen-bond donors (Lipinski definition) is 0. The summed E-state index contributed by atoms with van der Waals surface area (Å²) >= 11 is 9.87. The summed E-state index contributed by atoms with van der Waals surface area (Å²) in [5, 5.41) is -0.596. The number of hydrogen-bond acceptors (Lipinski definition) is 2. The van der Waals surface area contributed by atoms with Crippen LogP contribution in [0.25, 0.3) is 0 Å². The Morgan fingerprint density at radius 3 is 2.40 bits per heavy atom. The van der Waals surface area contributed by atoms with Gasteiger partial charge in [-0.1, -0.05) is 34.1 Å². The molecule has 2 aromatic rings. The summed E-state index contributed by atoms with van der Waals surface area (Å²) in [6, 6.07) is 10.1. The molecule has 0 aliphatic carbocycles. The van der Waals surface area contributed by atoms with E-state index in [9.17, 15) is 4.39 Å². The van der Waals surface area contributed by atoms with Crippen LogP contribution < -0.4 is 9.47 Å². The van der Waals surface area contributed by atoms with Crippen LogP contribution in [0.1, 0.15) is 16.5 Å². The number of benzene rings is 2. The van der Waals surface area contributed by atoms with Gasteiger partial charge in [0.2, 0.25) is 0 Å². The van der Waals surface area contributed by atoms with E-state index in [1.54, 1.807) is 30.3 Å². The molecule has 0 radical (unpaired) electrons. The van der Waals surface area contributed by atoms with Crippen LogP contribution in [-0.4, -0.2) is 13.2 Å². The second-order valence-electron chi connectivity index (χ2n) is 4.40. The summed E-state index contributed by atoms with van der Waals surface area (Å²) in [6.07, 6.45) is 0. The van der Waals surface area contributed by atoms with Gasteiger partial charge in [0.05, 0.1) is 5.38 Å². The van der Waals surface area contributed by atoms with E-state index in [-0.39, 0.29) is 5.82 Å². The van der Waals surface area contributed by atoms with Crippen LogP contribution in [-0.2, 0) is 0 Å². The van der Waals surface area contributed by atoms with Gasteiger partial charge in [0, 0.05) is 10.0 Å². The van der Waals surface area contributed by atoms with Crippen LogP contribution in [0.4, 0.5) is 4.39 Å². The maximum atomic E-state index is 13.8. The fourth-order valence-corrected chi connectivity index (χ4v) is 3.16. The van der Waals surface area contributed by atoms with Crippen LogP contribution >= 0.6 is 27.5 Å². The summed E-state index contributed by atoms with van der Waals surface area (Å²) in [6.45, 7) is 1.02. The third-order valence-corrected chi connectivity index (χ3v) is 4.27. The normalized spacial score (nSPS) is 14.9. The summed E-state index contributed by atoms with van der Waals surface area (Å²) in [4.78, 5) is 0. The first-order valence-corrected chi connectivity index (χ1v) is 7.37. The average Bonchev–Trinajstić information content (AvgIpc) is 2.46. The van der Waals surface area contributed by atoms with Crippen molar-refractivity contribution >= 4 is 27.5 Å². The zero-order chi connectivity index (χ0) is 14.1. The Kier molecular flexibility index (Phi) is 3.85. The van der Waals surface area contributed by atoms with E-state index in [2.05, 4.69) is 15.9 Å². The molecule has 2 aromatic carbocycles. The predicted molar refractivity (Wildman–Crippen MR) is 79.2 cm³/mol. The molecule has 1 aliphatic heterocycles. The lowest BCUT2D eigenvalue weighted by Gasteiger charge is -2.21. The van der Waals surface area contributed by atoms with E-state index < -0.39 is 5.38 Å². The van der Waals surface area contributed by atoms with E-state index in [4.69, 9.17) is 21.1 Å². The molecule has 0 fully saturated rings. The molecule has 2 nitrogen and oxygen atoms in total. The molecule has 3 rings (SSSR count). The standard InChI is InChI=1S/C15H11BrClFO2/c16-11-8-14-13(19-5-6-20-14)7-10(11)15(17)9-3-1-2-4-12(9)18/h1-4,7-8,15H,5-6H2. The molecule has 104 valence electrons. The number of rotatable bonds is 2. The fraction of sp³-hybridized carbons (Fsp3) is 0.200. The van der Waals surface area contributed by atoms with Gasteiger partial charge in [-0.2, -0.15) is 0 Å². The highest BCUT2D eigenvalue weighted by molar-refractivity contribution is 9.10. The molecule has 20 heavy (non-hydrogen) atoms. The number of halogens is 3. The first-order chi connectivity index (χ1) is 9.66. The lowest BCUT2D eigenvalue weighted by atomic mass is 10.0. The maximum absolute atomic E-state index is 13.8. The van der Waals surface area contributed by atoms with Gasteiger partial charge in [0.25, 0.3) is 0 Å². The molecule has 0 saturated heterocycles. The minimum Gasteiger partial charge on any atom is -0.486 e. The third-order valence-electron chi connectivity index (χ3n) is 3.11. The highest BCUT2D eigenvalue weighted by atomic mass is 79.9. The molecule has 0 saturated carbocycles. The Hall–Kier alpha value is -1.26. The highest BCUT2D eigenvalue weighted by Crippen LogP contribution is 2.42. The summed E-state index contributed by atoms with van der Waals surface area (Å²) in [5.41, 5.74) is 1.19. The summed E-state index contributed by atoms with van der Waals surface area (Å²) < 4.78 is 25.6. The van der Waals surface area contributed by atoms with E-state index in [1.165, 1.54) is 6.07 Å². The van der Waals surface area contributed by atoms with Crippen LogP contribution in [0, 0.1) is 5.82 Å². The van der Waals surface area contributed by atoms with Crippen LogP contribution in [0.2, 0.25) is 0 Å². The van der Waals surface area contributed by atoms with Crippen molar-refractivity contribution in [1.29, 1.82) is 0 Å². The lowest BCUT2D eigenvalue weighted by Crippen LogP contribution is -2.15. The second kappa shape index (κ2) is 5.62. The van der Waals surface area contributed by atoms with E-state index >= 15 is 0 Å². The first kappa shape index (κ1) is 13.7. The molecule has 0 amide bonds. The zero-order valence-electron chi connectivity index (χ0n) is 10.4. The van der Waals surface area contributed by atoms with Crippen molar-refractivity contribution in [2.45, 2.75) is 5.38 Å². The van der Waals surface area contributed by atoms with Gasteiger partial charge in [-0.05, 0) is 23.8 Å². The summed E-state index contributed by atoms with van der Waals surface area (Å²) in [5.74, 6) is 0.981. The van der Waals surface area contributed by atoms with Crippen LogP contribution in [0.5, 0.6) is 11.5 Å². The monoisotopic (exact) mass is 356 g/mol. The molecule has 0 spiro atoms. The summed E-state index contributed by atoms with van der Waals surface area (Å²) in [7, 11) is 0. The minimum atomic E-state index is -0.596. The van der Waals surface area contributed by atoms with E-state index in [1.807, 2.05) is 0 Å². The molecule has 0 aromatic heterocycles. The topological polar surface area (TPSA) is 18.5 Å².